The lowest BCUT2D eigenvalue weighted by atomic mass is 10.5. The van der Waals surface area contributed by atoms with E-state index in [1.165, 1.54) is 0 Å². The highest BCUT2D eigenvalue weighted by atomic mass is 19.4. The third-order valence-electron chi connectivity index (χ3n) is 0.533. The van der Waals surface area contributed by atoms with Crippen molar-refractivity contribution in [2.75, 3.05) is 7.11 Å². The van der Waals surface area contributed by atoms with Crippen LogP contribution < -0.4 is 0 Å². The minimum Gasteiger partial charge on any atom is -0.412 e. The molecule has 0 aliphatic heterocycles. The molecular formula is C7H14F6O4. The van der Waals surface area contributed by atoms with Crippen LogP contribution in [0.2, 0.25) is 0 Å². The summed E-state index contributed by atoms with van der Waals surface area (Å²) in [6, 6.07) is 0. The van der Waals surface area contributed by atoms with Gasteiger partial charge in [-0.1, -0.05) is 7.43 Å². The zero-order valence-electron chi connectivity index (χ0n) is 8.11. The van der Waals surface area contributed by atoms with Gasteiger partial charge in [0.15, 0.2) is 0 Å². The number of carbonyl (C=O) groups is 2. The van der Waals surface area contributed by atoms with Gasteiger partial charge in [-0.2, -0.15) is 26.3 Å². The zero-order valence-corrected chi connectivity index (χ0v) is 8.11. The summed E-state index contributed by atoms with van der Waals surface area (Å²) in [5.74, 6) is -1.76. The molecule has 0 fully saturated rings. The van der Waals surface area contributed by atoms with Crippen LogP contribution in [0.5, 0.6) is 0 Å². The predicted octanol–water partition coefficient (Wildman–Crippen LogP) is 1.31. The van der Waals surface area contributed by atoms with Gasteiger partial charge in [0.2, 0.25) is 12.1 Å². The van der Waals surface area contributed by atoms with Crippen molar-refractivity contribution >= 4 is 12.1 Å². The van der Waals surface area contributed by atoms with Crippen LogP contribution in [0.25, 0.3) is 0 Å². The van der Waals surface area contributed by atoms with Crippen LogP contribution in [0.4, 0.5) is 26.3 Å². The van der Waals surface area contributed by atoms with Crippen LogP contribution in [0.15, 0.2) is 0 Å². The summed E-state index contributed by atoms with van der Waals surface area (Å²) in [4.78, 5) is 18.0. The van der Waals surface area contributed by atoms with Crippen LogP contribution in [0.3, 0.4) is 0 Å². The number of ketones is 1. The molecule has 0 bridgehead atoms. The van der Waals surface area contributed by atoms with Crippen molar-refractivity contribution < 1.29 is 46.5 Å². The lowest BCUT2D eigenvalue weighted by molar-refractivity contribution is -0.168. The smallest absolute Gasteiger partial charge is 0.412 e. The van der Waals surface area contributed by atoms with Gasteiger partial charge in [-0.3, -0.25) is 9.59 Å². The number of hydrogen-bond acceptors (Lipinski definition) is 3. The molecule has 0 radical (unpaired) electrons. The minimum atomic E-state index is -4.64. The van der Waals surface area contributed by atoms with E-state index in [4.69, 9.17) is 9.90 Å². The normalized spacial score (nSPS) is 9.00. The second kappa shape index (κ2) is 12.9. The predicted molar refractivity (Wildman–Crippen MR) is 47.3 cm³/mol. The Bertz CT molecular complexity index is 186. The second-order valence-electron chi connectivity index (χ2n) is 1.71. The fraction of sp³-hybridized carbons (Fsp3) is 0.714. The molecule has 0 atom stereocenters. The van der Waals surface area contributed by atoms with Crippen molar-refractivity contribution in [1.29, 1.82) is 0 Å². The van der Waals surface area contributed by atoms with E-state index in [2.05, 4.69) is 0 Å². The number of aliphatic hydroxyl groups excluding tert-OH is 1. The third kappa shape index (κ3) is 39.8. The lowest BCUT2D eigenvalue weighted by Crippen LogP contribution is -2.18. The SMILES string of the molecule is C.CC(=O)C(F)(F)F.CO.O.O=CC(F)(F)F. The van der Waals surface area contributed by atoms with Gasteiger partial charge in [-0.25, -0.2) is 0 Å². The molecule has 108 valence electrons. The summed E-state index contributed by atoms with van der Waals surface area (Å²) in [5.41, 5.74) is 0. The lowest BCUT2D eigenvalue weighted by Gasteiger charge is -1.95. The highest BCUT2D eigenvalue weighted by Gasteiger charge is 2.33. The average Bonchev–Trinajstić information content (AvgIpc) is 2.06. The Kier molecular flexibility index (Phi) is 22.5. The number of alkyl halides is 6. The number of aliphatic hydroxyl groups is 1. The quantitative estimate of drug-likeness (QED) is 0.534. The van der Waals surface area contributed by atoms with Crippen LogP contribution in [0.1, 0.15) is 14.4 Å². The first kappa shape index (κ1) is 29.7. The molecule has 0 aliphatic rings. The maximum Gasteiger partial charge on any atom is 0.449 e. The van der Waals surface area contributed by atoms with Gasteiger partial charge >= 0.3 is 12.4 Å². The standard InChI is InChI=1S/C3H3F3O.C2HF3O.CH4O.CH4.H2O/c1-2(7)3(4,5)6;3-2(4,5)1-6;1-2;;/h1H3;1H;2H,1H3;1H4;1H2. The zero-order chi connectivity index (χ0) is 13.3. The summed E-state index contributed by atoms with van der Waals surface area (Å²) in [7, 11) is 1.00. The Labute approximate surface area is 93.5 Å². The van der Waals surface area contributed by atoms with Gasteiger partial charge in [-0.05, 0) is 0 Å². The first-order valence-electron chi connectivity index (χ1n) is 3.06. The van der Waals surface area contributed by atoms with Crippen molar-refractivity contribution in [2.45, 2.75) is 26.7 Å². The Hall–Kier alpha value is -1.16. The van der Waals surface area contributed by atoms with Crippen LogP contribution >= 0.6 is 0 Å². The number of hydrogen-bond donors (Lipinski definition) is 1. The van der Waals surface area contributed by atoms with E-state index in [9.17, 15) is 31.1 Å². The maximum absolute atomic E-state index is 10.8. The highest BCUT2D eigenvalue weighted by molar-refractivity contribution is 5.81. The molecule has 0 heterocycles. The number of halogens is 6. The summed E-state index contributed by atoms with van der Waals surface area (Å²) < 4.78 is 63.7. The average molecular weight is 276 g/mol. The molecule has 10 heteroatoms. The number of aldehydes is 1. The molecule has 0 aromatic carbocycles. The number of carbonyl (C=O) groups excluding carboxylic acids is 2. The van der Waals surface area contributed by atoms with Crippen molar-refractivity contribution in [2.24, 2.45) is 0 Å². The molecule has 0 aliphatic carbocycles. The Morgan fingerprint density at radius 1 is 1.06 bits per heavy atom. The molecule has 0 aromatic rings. The summed E-state index contributed by atoms with van der Waals surface area (Å²) in [6.45, 7) is 0.486. The van der Waals surface area contributed by atoms with E-state index >= 15 is 0 Å². The Morgan fingerprint density at radius 2 is 1.18 bits per heavy atom. The van der Waals surface area contributed by atoms with Crippen molar-refractivity contribution in [3.63, 3.8) is 0 Å². The monoisotopic (exact) mass is 276 g/mol. The third-order valence-corrected chi connectivity index (χ3v) is 0.533. The van der Waals surface area contributed by atoms with Crippen LogP contribution in [-0.2, 0) is 9.59 Å². The van der Waals surface area contributed by atoms with Crippen molar-refractivity contribution in [3.05, 3.63) is 0 Å². The van der Waals surface area contributed by atoms with Crippen molar-refractivity contribution in [3.8, 4) is 0 Å². The molecule has 3 N–H and O–H groups in total. The highest BCUT2D eigenvalue weighted by Crippen LogP contribution is 2.14. The van der Waals surface area contributed by atoms with Gasteiger partial charge in [-0.15, -0.1) is 0 Å². The van der Waals surface area contributed by atoms with Gasteiger partial charge in [0, 0.05) is 14.0 Å². The van der Waals surface area contributed by atoms with Crippen LogP contribution in [-0.4, -0.2) is 42.1 Å². The first-order chi connectivity index (χ1) is 6.50. The molecule has 0 saturated carbocycles. The molecule has 0 rings (SSSR count). The molecule has 0 saturated heterocycles. The van der Waals surface area contributed by atoms with E-state index in [0.717, 1.165) is 7.11 Å². The molecule has 0 amide bonds. The van der Waals surface area contributed by atoms with Gasteiger partial charge < -0.3 is 10.6 Å². The van der Waals surface area contributed by atoms with Gasteiger partial charge in [0.05, 0.1) is 0 Å². The van der Waals surface area contributed by atoms with E-state index in [1.54, 1.807) is 0 Å². The molecule has 0 aromatic heterocycles. The molecule has 0 spiro atoms. The fourth-order valence-electron chi connectivity index (χ4n) is 0. The fourth-order valence-corrected chi connectivity index (χ4v) is 0. The van der Waals surface area contributed by atoms with E-state index in [0.29, 0.717) is 6.92 Å². The number of rotatable bonds is 0. The van der Waals surface area contributed by atoms with E-state index in [-0.39, 0.29) is 12.9 Å². The maximum atomic E-state index is 10.8. The summed E-state index contributed by atoms with van der Waals surface area (Å²) >= 11 is 0. The topological polar surface area (TPSA) is 85.9 Å². The van der Waals surface area contributed by atoms with E-state index in [1.807, 2.05) is 0 Å². The Balaban J connectivity index is -0.0000000448. The summed E-state index contributed by atoms with van der Waals surface area (Å²) in [6.07, 6.45) is -10.3. The molecule has 4 nitrogen and oxygen atoms in total. The second-order valence-corrected chi connectivity index (χ2v) is 1.71. The van der Waals surface area contributed by atoms with Crippen LogP contribution in [0, 0.1) is 0 Å². The Morgan fingerprint density at radius 3 is 1.18 bits per heavy atom. The summed E-state index contributed by atoms with van der Waals surface area (Å²) in [5, 5.41) is 7.00. The van der Waals surface area contributed by atoms with Gasteiger partial charge in [0.25, 0.3) is 0 Å². The largest absolute Gasteiger partial charge is 0.449 e. The molecular weight excluding hydrogens is 262 g/mol. The van der Waals surface area contributed by atoms with E-state index < -0.39 is 24.4 Å². The molecule has 0 unspecified atom stereocenters. The molecule has 17 heavy (non-hydrogen) atoms. The van der Waals surface area contributed by atoms with Crippen molar-refractivity contribution in [1.82, 2.24) is 0 Å². The minimum absolute atomic E-state index is 0. The van der Waals surface area contributed by atoms with Gasteiger partial charge in [0.1, 0.15) is 0 Å². The first-order valence-corrected chi connectivity index (χ1v) is 3.06. The number of Topliss-reactive ketones (excluding diaryl/α,β-unsaturated/α-hetero) is 1.